The van der Waals surface area contributed by atoms with E-state index in [1.807, 2.05) is 45.0 Å². The van der Waals surface area contributed by atoms with Crippen LogP contribution in [0.5, 0.6) is 0 Å². The molecule has 7 heteroatoms. The molecule has 1 unspecified atom stereocenters. The first-order chi connectivity index (χ1) is 13.0. The predicted octanol–water partition coefficient (Wildman–Crippen LogP) is 4.11. The van der Waals surface area contributed by atoms with Gasteiger partial charge in [0.2, 0.25) is 5.89 Å². The van der Waals surface area contributed by atoms with Crippen molar-refractivity contribution < 1.29 is 18.2 Å². The number of aromatic nitrogens is 2. The maximum Gasteiger partial charge on any atom is 0.287 e. The van der Waals surface area contributed by atoms with E-state index in [4.69, 9.17) is 13.4 Å². The molecule has 0 aliphatic heterocycles. The van der Waals surface area contributed by atoms with E-state index in [1.165, 1.54) is 0 Å². The zero-order valence-electron chi connectivity index (χ0n) is 15.3. The van der Waals surface area contributed by atoms with E-state index in [9.17, 15) is 4.79 Å². The lowest BCUT2D eigenvalue weighted by atomic mass is 10.1. The summed E-state index contributed by atoms with van der Waals surface area (Å²) < 4.78 is 16.5. The highest BCUT2D eigenvalue weighted by Gasteiger charge is 2.20. The summed E-state index contributed by atoms with van der Waals surface area (Å²) in [6.07, 6.45) is 0.523. The summed E-state index contributed by atoms with van der Waals surface area (Å²) in [5.41, 5.74) is 3.23. The van der Waals surface area contributed by atoms with Crippen LogP contribution in [0.2, 0.25) is 0 Å². The molecule has 1 atom stereocenters. The van der Waals surface area contributed by atoms with Crippen LogP contribution in [-0.4, -0.2) is 16.0 Å². The Kier molecular flexibility index (Phi) is 4.27. The molecule has 0 bridgehead atoms. The lowest BCUT2D eigenvalue weighted by Gasteiger charge is -2.08. The molecule has 0 saturated heterocycles. The van der Waals surface area contributed by atoms with Gasteiger partial charge >= 0.3 is 0 Å². The van der Waals surface area contributed by atoms with Crippen molar-refractivity contribution >= 4 is 17.0 Å². The summed E-state index contributed by atoms with van der Waals surface area (Å²) in [6, 6.07) is 10.5. The number of rotatable bonds is 5. The average molecular weight is 365 g/mol. The Balaban J connectivity index is 1.46. The second-order valence-electron chi connectivity index (χ2n) is 6.46. The minimum Gasteiger partial charge on any atom is -0.456 e. The van der Waals surface area contributed by atoms with Crippen LogP contribution in [0.4, 0.5) is 0 Å². The molecule has 0 radical (unpaired) electrons. The molecule has 3 aromatic heterocycles. The molecular formula is C20H19N3O4. The molecule has 1 aromatic carbocycles. The number of nitrogens with one attached hydrogen (secondary N) is 1. The van der Waals surface area contributed by atoms with Crippen molar-refractivity contribution in [2.24, 2.45) is 0 Å². The van der Waals surface area contributed by atoms with Gasteiger partial charge in [-0.15, -0.1) is 0 Å². The maximum absolute atomic E-state index is 12.5. The number of hydrogen-bond acceptors (Lipinski definition) is 6. The molecule has 0 fully saturated rings. The van der Waals surface area contributed by atoms with Gasteiger partial charge in [-0.1, -0.05) is 17.3 Å². The van der Waals surface area contributed by atoms with Gasteiger partial charge in [0.15, 0.2) is 11.3 Å². The number of amides is 1. The second kappa shape index (κ2) is 6.75. The third-order valence-electron chi connectivity index (χ3n) is 4.45. The summed E-state index contributed by atoms with van der Waals surface area (Å²) in [5.74, 6) is 1.78. The number of nitrogens with zero attached hydrogens (tertiary/aromatic N) is 2. The van der Waals surface area contributed by atoms with Gasteiger partial charge in [0.05, 0.1) is 5.69 Å². The van der Waals surface area contributed by atoms with E-state index in [1.54, 1.807) is 12.1 Å². The minimum absolute atomic E-state index is 0.236. The summed E-state index contributed by atoms with van der Waals surface area (Å²) >= 11 is 0. The van der Waals surface area contributed by atoms with Gasteiger partial charge in [-0.25, -0.2) is 4.98 Å². The van der Waals surface area contributed by atoms with Crippen LogP contribution in [-0.2, 0) is 6.42 Å². The maximum atomic E-state index is 12.5. The van der Waals surface area contributed by atoms with Crippen molar-refractivity contribution in [3.05, 3.63) is 70.8 Å². The van der Waals surface area contributed by atoms with E-state index >= 15 is 0 Å². The van der Waals surface area contributed by atoms with Crippen LogP contribution in [0.25, 0.3) is 11.1 Å². The van der Waals surface area contributed by atoms with Crippen molar-refractivity contribution in [1.29, 1.82) is 0 Å². The number of para-hydroxylation sites is 2. The van der Waals surface area contributed by atoms with Gasteiger partial charge in [-0.2, -0.15) is 0 Å². The van der Waals surface area contributed by atoms with Crippen molar-refractivity contribution in [3.8, 4) is 0 Å². The highest BCUT2D eigenvalue weighted by molar-refractivity contribution is 5.91. The molecule has 0 spiro atoms. The van der Waals surface area contributed by atoms with Crippen LogP contribution in [0.3, 0.4) is 0 Å². The molecule has 27 heavy (non-hydrogen) atoms. The molecule has 4 rings (SSSR count). The molecular weight excluding hydrogens is 346 g/mol. The van der Waals surface area contributed by atoms with Gasteiger partial charge in [0.25, 0.3) is 5.91 Å². The smallest absolute Gasteiger partial charge is 0.287 e. The number of aryl methyl sites for hydroxylation is 2. The van der Waals surface area contributed by atoms with Gasteiger partial charge < -0.3 is 18.7 Å². The Bertz CT molecular complexity index is 1050. The first kappa shape index (κ1) is 17.1. The third-order valence-corrected chi connectivity index (χ3v) is 4.45. The molecule has 4 aromatic rings. The molecule has 0 saturated carbocycles. The average Bonchev–Trinajstić information content (AvgIpc) is 3.36. The number of carbonyl (C=O) groups is 1. The molecule has 0 aliphatic rings. The fraction of sp³-hybridized carbons (Fsp3) is 0.250. The summed E-state index contributed by atoms with van der Waals surface area (Å²) in [7, 11) is 0. The van der Waals surface area contributed by atoms with Crippen LogP contribution in [0, 0.1) is 13.8 Å². The molecule has 0 aliphatic carbocycles. The molecule has 1 amide bonds. The number of carbonyl (C=O) groups excluding carboxylic acids is 1. The highest BCUT2D eigenvalue weighted by atomic mass is 16.5. The fourth-order valence-corrected chi connectivity index (χ4v) is 2.93. The predicted molar refractivity (Wildman–Crippen MR) is 97.4 cm³/mol. The van der Waals surface area contributed by atoms with Crippen LogP contribution in [0.1, 0.15) is 52.2 Å². The van der Waals surface area contributed by atoms with Crippen LogP contribution in [0.15, 0.2) is 49.8 Å². The largest absolute Gasteiger partial charge is 0.456 e. The lowest BCUT2D eigenvalue weighted by Crippen LogP contribution is -2.26. The Hall–Kier alpha value is -3.35. The van der Waals surface area contributed by atoms with E-state index in [2.05, 4.69) is 15.5 Å². The quantitative estimate of drug-likeness (QED) is 0.572. The number of benzene rings is 1. The number of furan rings is 1. The van der Waals surface area contributed by atoms with Gasteiger partial charge in [0, 0.05) is 12.0 Å². The number of fused-ring (bicyclic) bond motifs is 1. The van der Waals surface area contributed by atoms with Crippen molar-refractivity contribution in [3.63, 3.8) is 0 Å². The highest BCUT2D eigenvalue weighted by Crippen LogP contribution is 2.21. The Morgan fingerprint density at radius 1 is 1.15 bits per heavy atom. The fourth-order valence-electron chi connectivity index (χ4n) is 2.93. The van der Waals surface area contributed by atoms with E-state index < -0.39 is 0 Å². The molecule has 1 N–H and O–H groups in total. The summed E-state index contributed by atoms with van der Waals surface area (Å²) in [4.78, 5) is 16.9. The SMILES string of the molecule is Cc1noc(C)c1Cc1ccc(C(=O)NC(C)c2nc3ccccc3o2)o1. The van der Waals surface area contributed by atoms with E-state index in [0.717, 1.165) is 22.5 Å². The van der Waals surface area contributed by atoms with Crippen molar-refractivity contribution in [2.45, 2.75) is 33.2 Å². The monoisotopic (exact) mass is 365 g/mol. The zero-order chi connectivity index (χ0) is 19.0. The Morgan fingerprint density at radius 3 is 2.70 bits per heavy atom. The zero-order valence-corrected chi connectivity index (χ0v) is 15.3. The second-order valence-corrected chi connectivity index (χ2v) is 6.46. The molecule has 138 valence electrons. The standard InChI is InChI=1S/C20H19N3O4/c1-11-15(13(3)27-23-11)10-14-8-9-18(25-14)19(24)21-12(2)20-22-16-6-4-5-7-17(16)26-20/h4-9,12H,10H2,1-3H3,(H,21,24). The first-order valence-corrected chi connectivity index (χ1v) is 8.68. The summed E-state index contributed by atoms with van der Waals surface area (Å²) in [5, 5.41) is 6.78. The van der Waals surface area contributed by atoms with Gasteiger partial charge in [-0.3, -0.25) is 4.79 Å². The van der Waals surface area contributed by atoms with Gasteiger partial charge in [-0.05, 0) is 45.0 Å². The minimum atomic E-state index is -0.388. The van der Waals surface area contributed by atoms with Gasteiger partial charge in [0.1, 0.15) is 23.1 Å². The van der Waals surface area contributed by atoms with Crippen LogP contribution < -0.4 is 5.32 Å². The number of oxazole rings is 1. The normalized spacial score (nSPS) is 12.4. The third kappa shape index (κ3) is 3.36. The summed E-state index contributed by atoms with van der Waals surface area (Å²) in [6.45, 7) is 5.55. The Labute approximate surface area is 155 Å². The van der Waals surface area contributed by atoms with Crippen LogP contribution >= 0.6 is 0 Å². The number of hydrogen-bond donors (Lipinski definition) is 1. The van der Waals surface area contributed by atoms with Crippen molar-refractivity contribution in [1.82, 2.24) is 15.5 Å². The van der Waals surface area contributed by atoms with Crippen molar-refractivity contribution in [2.75, 3.05) is 0 Å². The Morgan fingerprint density at radius 2 is 1.96 bits per heavy atom. The van der Waals surface area contributed by atoms with E-state index in [-0.39, 0.29) is 17.7 Å². The van der Waals surface area contributed by atoms with E-state index in [0.29, 0.717) is 23.7 Å². The molecule has 7 nitrogen and oxygen atoms in total. The lowest BCUT2D eigenvalue weighted by molar-refractivity contribution is 0.0905. The first-order valence-electron chi connectivity index (χ1n) is 8.68. The topological polar surface area (TPSA) is 94.3 Å². The molecule has 3 heterocycles.